The number of hydrogen-bond acceptors (Lipinski definition) is 3. The SMILES string of the molecule is CC[C@H](N)C(=O)N1CCOC[C@H]1C. The lowest BCUT2D eigenvalue weighted by Gasteiger charge is -2.34. The minimum absolute atomic E-state index is 0.0540. The van der Waals surface area contributed by atoms with Gasteiger partial charge >= 0.3 is 0 Å². The van der Waals surface area contributed by atoms with Crippen LogP contribution >= 0.6 is 0 Å². The summed E-state index contributed by atoms with van der Waals surface area (Å²) in [7, 11) is 0. The lowest BCUT2D eigenvalue weighted by molar-refractivity contribution is -0.140. The van der Waals surface area contributed by atoms with Crippen molar-refractivity contribution in [3.05, 3.63) is 0 Å². The second-order valence-corrected chi connectivity index (χ2v) is 3.47. The van der Waals surface area contributed by atoms with Gasteiger partial charge in [-0.2, -0.15) is 0 Å². The van der Waals surface area contributed by atoms with Crippen molar-refractivity contribution in [3.8, 4) is 0 Å². The zero-order valence-electron chi connectivity index (χ0n) is 8.32. The topological polar surface area (TPSA) is 55.6 Å². The molecule has 1 saturated heterocycles. The summed E-state index contributed by atoms with van der Waals surface area (Å²) in [6, 6.07) is -0.181. The quantitative estimate of drug-likeness (QED) is 0.659. The molecule has 2 N–H and O–H groups in total. The van der Waals surface area contributed by atoms with Gasteiger partial charge in [-0.15, -0.1) is 0 Å². The highest BCUT2D eigenvalue weighted by Crippen LogP contribution is 2.08. The molecule has 0 aromatic heterocycles. The summed E-state index contributed by atoms with van der Waals surface area (Å²) in [5.74, 6) is 0.0540. The van der Waals surface area contributed by atoms with Gasteiger partial charge in [0.15, 0.2) is 0 Å². The second-order valence-electron chi connectivity index (χ2n) is 3.47. The van der Waals surface area contributed by atoms with Crippen molar-refractivity contribution >= 4 is 5.91 Å². The van der Waals surface area contributed by atoms with E-state index in [4.69, 9.17) is 10.5 Å². The van der Waals surface area contributed by atoms with Crippen molar-refractivity contribution in [2.75, 3.05) is 19.8 Å². The Bertz CT molecular complexity index is 184. The predicted octanol–water partition coefficient (Wildman–Crippen LogP) is -0.0290. The smallest absolute Gasteiger partial charge is 0.239 e. The number of ether oxygens (including phenoxy) is 1. The fraction of sp³-hybridized carbons (Fsp3) is 0.889. The third-order valence-corrected chi connectivity index (χ3v) is 2.41. The Morgan fingerprint density at radius 2 is 2.46 bits per heavy atom. The molecule has 0 aromatic carbocycles. The standard InChI is InChI=1S/C9H18N2O2/c1-3-8(10)9(12)11-4-5-13-6-7(11)2/h7-8H,3-6,10H2,1-2H3/t7-,8+/m1/s1. The zero-order valence-corrected chi connectivity index (χ0v) is 8.32. The fourth-order valence-corrected chi connectivity index (χ4v) is 1.44. The van der Waals surface area contributed by atoms with Crippen LogP contribution in [0.1, 0.15) is 20.3 Å². The van der Waals surface area contributed by atoms with Crippen molar-refractivity contribution in [2.24, 2.45) is 5.73 Å². The van der Waals surface area contributed by atoms with Crippen LogP contribution in [0, 0.1) is 0 Å². The predicted molar refractivity (Wildman–Crippen MR) is 50.3 cm³/mol. The molecule has 0 bridgehead atoms. The molecule has 13 heavy (non-hydrogen) atoms. The van der Waals surface area contributed by atoms with Crippen molar-refractivity contribution in [1.82, 2.24) is 4.90 Å². The van der Waals surface area contributed by atoms with E-state index < -0.39 is 0 Å². The molecule has 2 atom stereocenters. The number of hydrogen-bond donors (Lipinski definition) is 1. The molecule has 1 heterocycles. The summed E-state index contributed by atoms with van der Waals surface area (Å²) >= 11 is 0. The Morgan fingerprint density at radius 3 is 3.00 bits per heavy atom. The number of rotatable bonds is 2. The van der Waals surface area contributed by atoms with Gasteiger partial charge in [0.05, 0.1) is 25.3 Å². The van der Waals surface area contributed by atoms with Gasteiger partial charge in [0.25, 0.3) is 0 Å². The molecule has 4 heteroatoms. The van der Waals surface area contributed by atoms with Gasteiger partial charge in [-0.05, 0) is 13.3 Å². The molecular weight excluding hydrogens is 168 g/mol. The average Bonchev–Trinajstić information content (AvgIpc) is 2.16. The molecule has 76 valence electrons. The van der Waals surface area contributed by atoms with Gasteiger partial charge in [0.2, 0.25) is 5.91 Å². The normalized spacial score (nSPS) is 25.8. The van der Waals surface area contributed by atoms with Gasteiger partial charge < -0.3 is 15.4 Å². The molecule has 0 unspecified atom stereocenters. The summed E-state index contributed by atoms with van der Waals surface area (Å²) in [6.07, 6.45) is 0.697. The van der Waals surface area contributed by atoms with Crippen LogP contribution in [0.15, 0.2) is 0 Å². The van der Waals surface area contributed by atoms with Gasteiger partial charge in [-0.25, -0.2) is 0 Å². The van der Waals surface area contributed by atoms with E-state index in [0.717, 1.165) is 0 Å². The molecule has 1 aliphatic heterocycles. The summed E-state index contributed by atoms with van der Waals surface area (Å²) in [5, 5.41) is 0. The van der Waals surface area contributed by atoms with E-state index in [9.17, 15) is 4.79 Å². The van der Waals surface area contributed by atoms with Crippen LogP contribution in [0.5, 0.6) is 0 Å². The van der Waals surface area contributed by atoms with Crippen LogP contribution < -0.4 is 5.73 Å². The van der Waals surface area contributed by atoms with Crippen LogP contribution in [-0.2, 0) is 9.53 Å². The Hall–Kier alpha value is -0.610. The molecule has 0 spiro atoms. The molecule has 1 rings (SSSR count). The van der Waals surface area contributed by atoms with Crippen molar-refractivity contribution in [1.29, 1.82) is 0 Å². The van der Waals surface area contributed by atoms with Crippen LogP contribution in [0.2, 0.25) is 0 Å². The van der Waals surface area contributed by atoms with E-state index in [2.05, 4.69) is 0 Å². The highest BCUT2D eigenvalue weighted by Gasteiger charge is 2.26. The molecule has 0 radical (unpaired) electrons. The maximum absolute atomic E-state index is 11.7. The largest absolute Gasteiger partial charge is 0.377 e. The Morgan fingerprint density at radius 1 is 1.77 bits per heavy atom. The van der Waals surface area contributed by atoms with E-state index in [1.54, 1.807) is 0 Å². The molecule has 1 aliphatic rings. The second kappa shape index (κ2) is 4.58. The van der Waals surface area contributed by atoms with Gasteiger partial charge in [-0.1, -0.05) is 6.92 Å². The van der Waals surface area contributed by atoms with Gasteiger partial charge in [0, 0.05) is 6.54 Å². The summed E-state index contributed by atoms with van der Waals surface area (Å²) in [6.45, 7) is 5.84. The van der Waals surface area contributed by atoms with E-state index in [1.807, 2.05) is 18.7 Å². The highest BCUT2D eigenvalue weighted by atomic mass is 16.5. The Kier molecular flexibility index (Phi) is 3.69. The van der Waals surface area contributed by atoms with E-state index in [-0.39, 0.29) is 18.0 Å². The summed E-state index contributed by atoms with van der Waals surface area (Å²) in [4.78, 5) is 13.5. The molecule has 0 aromatic rings. The van der Waals surface area contributed by atoms with Gasteiger partial charge in [-0.3, -0.25) is 4.79 Å². The highest BCUT2D eigenvalue weighted by molar-refractivity contribution is 5.81. The zero-order chi connectivity index (χ0) is 9.84. The molecule has 0 aliphatic carbocycles. The van der Waals surface area contributed by atoms with Crippen LogP contribution in [-0.4, -0.2) is 42.6 Å². The third-order valence-electron chi connectivity index (χ3n) is 2.41. The first-order chi connectivity index (χ1) is 6.16. The molecule has 1 amide bonds. The van der Waals surface area contributed by atoms with Crippen LogP contribution in [0.3, 0.4) is 0 Å². The van der Waals surface area contributed by atoms with E-state index in [0.29, 0.717) is 26.2 Å². The Labute approximate surface area is 79.0 Å². The maximum atomic E-state index is 11.7. The lowest BCUT2D eigenvalue weighted by Crippen LogP contribution is -2.52. The molecule has 1 fully saturated rings. The third kappa shape index (κ3) is 2.42. The van der Waals surface area contributed by atoms with Crippen molar-refractivity contribution in [2.45, 2.75) is 32.4 Å². The molecular formula is C9H18N2O2. The summed E-state index contributed by atoms with van der Waals surface area (Å²) in [5.41, 5.74) is 5.68. The Balaban J connectivity index is 2.53. The number of carbonyl (C=O) groups excluding carboxylic acids is 1. The lowest BCUT2D eigenvalue weighted by atomic mass is 10.1. The maximum Gasteiger partial charge on any atom is 0.239 e. The number of amides is 1. The van der Waals surface area contributed by atoms with Crippen LogP contribution in [0.25, 0.3) is 0 Å². The molecule has 0 saturated carbocycles. The molecule has 4 nitrogen and oxygen atoms in total. The number of nitrogens with zero attached hydrogens (tertiary/aromatic N) is 1. The summed E-state index contributed by atoms with van der Waals surface area (Å²) < 4.78 is 5.24. The van der Waals surface area contributed by atoms with Crippen LogP contribution in [0.4, 0.5) is 0 Å². The average molecular weight is 186 g/mol. The first kappa shape index (κ1) is 10.5. The number of morpholine rings is 1. The first-order valence-electron chi connectivity index (χ1n) is 4.80. The fourth-order valence-electron chi connectivity index (χ4n) is 1.44. The number of carbonyl (C=O) groups is 1. The van der Waals surface area contributed by atoms with E-state index in [1.165, 1.54) is 0 Å². The minimum Gasteiger partial charge on any atom is -0.377 e. The van der Waals surface area contributed by atoms with Gasteiger partial charge in [0.1, 0.15) is 0 Å². The van der Waals surface area contributed by atoms with E-state index >= 15 is 0 Å². The van der Waals surface area contributed by atoms with Crippen molar-refractivity contribution in [3.63, 3.8) is 0 Å². The first-order valence-corrected chi connectivity index (χ1v) is 4.80. The monoisotopic (exact) mass is 186 g/mol. The minimum atomic E-state index is -0.347. The van der Waals surface area contributed by atoms with Crippen molar-refractivity contribution < 1.29 is 9.53 Å². The number of nitrogens with two attached hydrogens (primary N) is 1.